The van der Waals surface area contributed by atoms with Gasteiger partial charge in [0, 0.05) is 23.8 Å². The van der Waals surface area contributed by atoms with Crippen molar-refractivity contribution in [2.24, 2.45) is 4.99 Å². The van der Waals surface area contributed by atoms with Gasteiger partial charge in [0.1, 0.15) is 5.04 Å². The second kappa shape index (κ2) is 13.1. The first-order valence-corrected chi connectivity index (χ1v) is 10.8. The van der Waals surface area contributed by atoms with Crippen molar-refractivity contribution in [3.8, 4) is 5.69 Å². The van der Waals surface area contributed by atoms with Gasteiger partial charge in [-0.05, 0) is 36.8 Å². The van der Waals surface area contributed by atoms with Gasteiger partial charge in [0.05, 0.1) is 16.5 Å². The van der Waals surface area contributed by atoms with E-state index < -0.39 is 17.0 Å². The fraction of sp³-hybridized carbons (Fsp3) is 0.261. The summed E-state index contributed by atoms with van der Waals surface area (Å²) in [6.07, 6.45) is 2.13. The summed E-state index contributed by atoms with van der Waals surface area (Å²) in [7, 11) is -1.21. The molecule has 9 heteroatoms. The number of aromatic nitrogens is 2. The van der Waals surface area contributed by atoms with Crippen LogP contribution in [0.2, 0.25) is 0 Å². The minimum Gasteiger partial charge on any atom is -0.386 e. The van der Waals surface area contributed by atoms with Crippen LogP contribution in [0.25, 0.3) is 5.69 Å². The predicted octanol–water partition coefficient (Wildman–Crippen LogP) is 6.06. The molecule has 168 valence electrons. The molecule has 1 atom stereocenters. The third-order valence-electron chi connectivity index (χ3n) is 4.05. The molecule has 0 saturated heterocycles. The smallest absolute Gasteiger partial charge is 0.386 e. The zero-order valence-corrected chi connectivity index (χ0v) is 23.1. The van der Waals surface area contributed by atoms with Crippen molar-refractivity contribution in [1.29, 1.82) is 0 Å². The van der Waals surface area contributed by atoms with Crippen LogP contribution >= 0.6 is 0 Å². The molecule has 0 aliphatic rings. The van der Waals surface area contributed by atoms with Crippen LogP contribution in [-0.4, -0.2) is 25.0 Å². The van der Waals surface area contributed by atoms with Gasteiger partial charge in [-0.15, -0.1) is 11.1 Å². The summed E-state index contributed by atoms with van der Waals surface area (Å²) in [4.78, 5) is 9.06. The van der Waals surface area contributed by atoms with Gasteiger partial charge < -0.3 is 9.55 Å². The molecule has 32 heavy (non-hydrogen) atoms. The Balaban J connectivity index is 0.000000770. The van der Waals surface area contributed by atoms with E-state index in [1.54, 1.807) is 13.1 Å². The molecule has 3 rings (SSSR count). The summed E-state index contributed by atoms with van der Waals surface area (Å²) < 4.78 is 45.6. The maximum Gasteiger partial charge on any atom is 2.00 e. The van der Waals surface area contributed by atoms with E-state index in [0.29, 0.717) is 17.2 Å². The van der Waals surface area contributed by atoms with Crippen molar-refractivity contribution >= 4 is 21.5 Å². The molecule has 0 aliphatic heterocycles. The Hall–Kier alpha value is -1.69. The Morgan fingerprint density at radius 2 is 1.84 bits per heavy atom. The quantitative estimate of drug-likeness (QED) is 0.186. The first-order valence-electron chi connectivity index (χ1n) is 9.52. The third kappa shape index (κ3) is 9.85. The molecular weight excluding hydrogens is 661 g/mol. The van der Waals surface area contributed by atoms with Crippen molar-refractivity contribution in [3.63, 3.8) is 0 Å². The molecule has 0 saturated carbocycles. The summed E-state index contributed by atoms with van der Waals surface area (Å²) >= 11 is 0. The van der Waals surface area contributed by atoms with Gasteiger partial charge in [-0.25, -0.2) is 25.1 Å². The number of pyridine rings is 1. The van der Waals surface area contributed by atoms with Gasteiger partial charge in [-0.3, -0.25) is 4.21 Å². The van der Waals surface area contributed by atoms with E-state index >= 15 is 0 Å². The van der Waals surface area contributed by atoms with Gasteiger partial charge in [0.2, 0.25) is 0 Å². The number of hydrogen-bond donors (Lipinski definition) is 0. The molecule has 0 N–H and O–H groups in total. The summed E-state index contributed by atoms with van der Waals surface area (Å²) in [5.74, 6) is 0.368. The maximum atomic E-state index is 12.8. The van der Waals surface area contributed by atoms with E-state index in [1.807, 2.05) is 74.1 Å². The van der Waals surface area contributed by atoms with Crippen LogP contribution in [-0.2, 0) is 16.6 Å². The average Bonchev–Trinajstić information content (AvgIpc) is 3.22. The number of benzene rings is 1. The van der Waals surface area contributed by atoms with Crippen molar-refractivity contribution in [2.45, 2.75) is 39.1 Å². The molecule has 2 heterocycles. The Labute approximate surface area is 213 Å². The minimum atomic E-state index is -4.25. The predicted molar refractivity (Wildman–Crippen MR) is 119 cm³/mol. The van der Waals surface area contributed by atoms with Crippen LogP contribution in [0.15, 0.2) is 60.0 Å². The number of aliphatic imine (C=N–C) groups is 1. The number of nitrogens with zero attached hydrogens (tertiary/aromatic N) is 3. The molecule has 0 radical (unpaired) electrons. The first-order chi connectivity index (χ1) is 14.6. The van der Waals surface area contributed by atoms with Gasteiger partial charge in [0.15, 0.2) is 0 Å². The monoisotopic (exact) mass is 685 g/mol. The van der Waals surface area contributed by atoms with Crippen LogP contribution in [0.5, 0.6) is 0 Å². The molecule has 0 spiro atoms. The number of aryl methyl sites for hydroxylation is 2. The summed E-state index contributed by atoms with van der Waals surface area (Å²) in [5, 5.41) is 0.677. The minimum absolute atomic E-state index is 0. The van der Waals surface area contributed by atoms with E-state index in [0.717, 1.165) is 28.2 Å². The number of alkyl halides is 3. The summed E-state index contributed by atoms with van der Waals surface area (Å²) in [6, 6.07) is 15.1. The van der Waals surface area contributed by atoms with E-state index in [1.165, 1.54) is 0 Å². The molecule has 4 nitrogen and oxygen atoms in total. The molecule has 0 amide bonds. The summed E-state index contributed by atoms with van der Waals surface area (Å²) in [6.45, 7) is 7.66. The molecule has 2 aromatic heterocycles. The van der Waals surface area contributed by atoms with Crippen LogP contribution in [0.3, 0.4) is 0 Å². The van der Waals surface area contributed by atoms with Gasteiger partial charge >= 0.3 is 31.1 Å². The summed E-state index contributed by atoms with van der Waals surface area (Å²) in [5.41, 5.74) is 4.59. The Morgan fingerprint density at radius 1 is 1.22 bits per heavy atom. The molecular formula is C23H24F3N3OSU. The molecule has 1 aromatic carbocycles. The van der Waals surface area contributed by atoms with Crippen molar-refractivity contribution in [1.82, 2.24) is 9.55 Å². The van der Waals surface area contributed by atoms with E-state index in [-0.39, 0.29) is 31.1 Å². The fourth-order valence-electron chi connectivity index (χ4n) is 2.69. The normalized spacial score (nSPS) is 12.4. The Bertz CT molecular complexity index is 1040. The van der Waals surface area contributed by atoms with Crippen LogP contribution in [0, 0.1) is 58.0 Å². The Morgan fingerprint density at radius 3 is 2.41 bits per heavy atom. The van der Waals surface area contributed by atoms with Crippen molar-refractivity contribution in [3.05, 3.63) is 84.8 Å². The van der Waals surface area contributed by atoms with Gasteiger partial charge in [-0.2, -0.15) is 6.07 Å². The van der Waals surface area contributed by atoms with Crippen LogP contribution in [0.1, 0.15) is 30.2 Å². The van der Waals surface area contributed by atoms with Gasteiger partial charge in [-0.1, -0.05) is 38.7 Å². The third-order valence-corrected chi connectivity index (χ3v) is 5.49. The second-order valence-electron chi connectivity index (χ2n) is 6.71. The van der Waals surface area contributed by atoms with Gasteiger partial charge in [0.25, 0.3) is 6.18 Å². The molecule has 3 aromatic rings. The average molecular weight is 686 g/mol. The molecule has 1 unspecified atom stereocenters. The number of halogens is 3. The fourth-order valence-corrected chi connectivity index (χ4v) is 3.92. The molecule has 0 bridgehead atoms. The zero-order chi connectivity index (χ0) is 23.0. The van der Waals surface area contributed by atoms with Crippen molar-refractivity contribution in [2.75, 3.05) is 0 Å². The van der Waals surface area contributed by atoms with E-state index in [2.05, 4.69) is 16.0 Å². The first kappa shape index (κ1) is 28.3. The van der Waals surface area contributed by atoms with Crippen molar-refractivity contribution < 1.29 is 48.5 Å². The molecule has 0 aliphatic carbocycles. The topological polar surface area (TPSA) is 47.2 Å². The van der Waals surface area contributed by atoms with Crippen LogP contribution < -0.4 is 0 Å². The maximum absolute atomic E-state index is 12.8. The van der Waals surface area contributed by atoms with Crippen LogP contribution in [0.4, 0.5) is 18.9 Å². The second-order valence-corrected chi connectivity index (χ2v) is 8.16. The largest absolute Gasteiger partial charge is 2.00 e. The standard InChI is InChI=1S/C21H22N3OS.C2H2F3.U/c1-4-21(26(25)15-20-17(3)12-16(2)14-22-20)23-18-8-7-9-19(13-18)24-10-5-6-11-24;1-2(3,4)5;/h5-11,13-14H,4,15H2,1-3H3;1H2;/q2*-1;+2. The van der Waals surface area contributed by atoms with E-state index in [9.17, 15) is 17.4 Å². The SMILES string of the molecule is CCC(=Nc1cccc(-n2cccc2)c1)S(=O)Cc1ncc(C)[c-]c1C.[CH2-]C(F)(F)F.[U+2]. The van der Waals surface area contributed by atoms with E-state index in [4.69, 9.17) is 0 Å². The number of rotatable bonds is 5. The Kier molecular flexibility index (Phi) is 11.6. The molecule has 0 fully saturated rings. The zero-order valence-electron chi connectivity index (χ0n) is 18.1. The number of hydrogen-bond acceptors (Lipinski definition) is 3.